The Morgan fingerprint density at radius 2 is 2.23 bits per heavy atom. The van der Waals surface area contributed by atoms with Gasteiger partial charge in [-0.1, -0.05) is 0 Å². The van der Waals surface area contributed by atoms with E-state index in [1.54, 1.807) is 30.6 Å². The molecular weight excluding hydrogens is 284 g/mol. The van der Waals surface area contributed by atoms with Crippen molar-refractivity contribution in [2.24, 2.45) is 0 Å². The largest absolute Gasteiger partial charge is 0.480 e. The lowest BCUT2D eigenvalue weighted by Gasteiger charge is -2.27. The number of aryl methyl sites for hydroxylation is 1. The highest BCUT2D eigenvalue weighted by Gasteiger charge is 2.28. The highest BCUT2D eigenvalue weighted by atomic mass is 16.5. The average Bonchev–Trinajstić information content (AvgIpc) is 2.50. The molecule has 1 aliphatic heterocycles. The second-order valence-corrected chi connectivity index (χ2v) is 4.86. The summed E-state index contributed by atoms with van der Waals surface area (Å²) in [4.78, 5) is 33.6. The molecule has 0 atom stereocenters. The Kier molecular flexibility index (Phi) is 3.69. The summed E-state index contributed by atoms with van der Waals surface area (Å²) in [6, 6.07) is 7.01. The van der Waals surface area contributed by atoms with Crippen LogP contribution >= 0.6 is 0 Å². The Bertz CT molecular complexity index is 732. The number of hydrogen-bond donors (Lipinski definition) is 1. The molecule has 1 aliphatic rings. The van der Waals surface area contributed by atoms with E-state index in [0.29, 0.717) is 17.4 Å². The number of nitrogens with zero attached hydrogens (tertiary/aromatic N) is 3. The van der Waals surface area contributed by atoms with Crippen LogP contribution in [-0.4, -0.2) is 34.9 Å². The van der Waals surface area contributed by atoms with Crippen molar-refractivity contribution >= 4 is 23.5 Å². The molecule has 0 bridgehead atoms. The highest BCUT2D eigenvalue weighted by molar-refractivity contribution is 6.04. The van der Waals surface area contributed by atoms with E-state index in [4.69, 9.17) is 4.74 Å². The Morgan fingerprint density at radius 3 is 3.05 bits per heavy atom. The number of rotatable bonds is 3. The van der Waals surface area contributed by atoms with E-state index in [0.717, 1.165) is 5.56 Å². The van der Waals surface area contributed by atoms with Crippen LogP contribution in [0.15, 0.2) is 36.7 Å². The molecule has 0 aromatic carbocycles. The molecule has 0 spiro atoms. The van der Waals surface area contributed by atoms with E-state index in [9.17, 15) is 9.59 Å². The zero-order valence-corrected chi connectivity index (χ0v) is 11.9. The predicted molar refractivity (Wildman–Crippen MR) is 79.7 cm³/mol. The van der Waals surface area contributed by atoms with Gasteiger partial charge in [0.1, 0.15) is 12.4 Å². The van der Waals surface area contributed by atoms with Gasteiger partial charge in [-0.2, -0.15) is 0 Å². The van der Waals surface area contributed by atoms with Crippen molar-refractivity contribution < 1.29 is 14.3 Å². The molecule has 3 heterocycles. The molecule has 0 radical (unpaired) electrons. The van der Waals surface area contributed by atoms with Crippen molar-refractivity contribution in [3.8, 4) is 5.75 Å². The van der Waals surface area contributed by atoms with Crippen molar-refractivity contribution in [1.82, 2.24) is 9.97 Å². The quantitative estimate of drug-likeness (QED) is 0.919. The molecular formula is C15H14N4O3. The van der Waals surface area contributed by atoms with Gasteiger partial charge in [-0.05, 0) is 36.8 Å². The van der Waals surface area contributed by atoms with Gasteiger partial charge in [0.05, 0.1) is 0 Å². The van der Waals surface area contributed by atoms with Crippen LogP contribution in [0.2, 0.25) is 0 Å². The molecule has 0 saturated carbocycles. The minimum Gasteiger partial charge on any atom is -0.480 e. The molecule has 112 valence electrons. The van der Waals surface area contributed by atoms with E-state index in [1.807, 2.05) is 13.0 Å². The monoisotopic (exact) mass is 298 g/mol. The number of hydrogen-bond acceptors (Lipinski definition) is 5. The number of aromatic nitrogens is 2. The van der Waals surface area contributed by atoms with Crippen LogP contribution in [0.1, 0.15) is 5.56 Å². The number of nitrogens with one attached hydrogen (secondary N) is 1. The van der Waals surface area contributed by atoms with Crippen molar-refractivity contribution in [1.29, 1.82) is 0 Å². The molecule has 2 aromatic heterocycles. The minimum atomic E-state index is -0.343. The van der Waals surface area contributed by atoms with Crippen molar-refractivity contribution in [3.63, 3.8) is 0 Å². The molecule has 2 aromatic rings. The maximum absolute atomic E-state index is 12.1. The lowest BCUT2D eigenvalue weighted by atomic mass is 10.3. The molecule has 0 fully saturated rings. The van der Waals surface area contributed by atoms with Crippen LogP contribution < -0.4 is 15.0 Å². The number of carbonyl (C=O) groups is 2. The topological polar surface area (TPSA) is 84.4 Å². The van der Waals surface area contributed by atoms with Gasteiger partial charge in [0.15, 0.2) is 18.2 Å². The third-order valence-corrected chi connectivity index (χ3v) is 3.14. The molecule has 1 N–H and O–H groups in total. The van der Waals surface area contributed by atoms with Crippen molar-refractivity contribution in [2.75, 3.05) is 23.4 Å². The van der Waals surface area contributed by atoms with Gasteiger partial charge in [-0.25, -0.2) is 9.97 Å². The maximum atomic E-state index is 12.1. The first-order chi connectivity index (χ1) is 10.6. The normalized spacial score (nSPS) is 13.3. The summed E-state index contributed by atoms with van der Waals surface area (Å²) in [6.07, 6.45) is 3.16. The van der Waals surface area contributed by atoms with Crippen LogP contribution in [0.4, 0.5) is 11.6 Å². The summed E-state index contributed by atoms with van der Waals surface area (Å²) in [6.45, 7) is 1.67. The highest BCUT2D eigenvalue weighted by Crippen LogP contribution is 2.28. The molecule has 2 amide bonds. The summed E-state index contributed by atoms with van der Waals surface area (Å²) in [5.41, 5.74) is 0.986. The minimum absolute atomic E-state index is 0.103. The maximum Gasteiger partial charge on any atom is 0.266 e. The molecule has 0 aliphatic carbocycles. The van der Waals surface area contributed by atoms with Gasteiger partial charge < -0.3 is 10.1 Å². The fraction of sp³-hybridized carbons (Fsp3) is 0.200. The van der Waals surface area contributed by atoms with Gasteiger partial charge in [-0.3, -0.25) is 14.5 Å². The van der Waals surface area contributed by atoms with Crippen LogP contribution in [0.5, 0.6) is 5.75 Å². The number of ether oxygens (including phenoxy) is 1. The van der Waals surface area contributed by atoms with Crippen LogP contribution in [0.25, 0.3) is 0 Å². The summed E-state index contributed by atoms with van der Waals surface area (Å²) in [5, 5.41) is 2.67. The van der Waals surface area contributed by atoms with Crippen LogP contribution in [-0.2, 0) is 9.59 Å². The average molecular weight is 298 g/mol. The molecule has 0 saturated heterocycles. The molecule has 7 heteroatoms. The number of carbonyl (C=O) groups excluding carboxylic acids is 2. The smallest absolute Gasteiger partial charge is 0.266 e. The summed E-state index contributed by atoms with van der Waals surface area (Å²) in [7, 11) is 0. The van der Waals surface area contributed by atoms with Gasteiger partial charge in [0.25, 0.3) is 5.91 Å². The van der Waals surface area contributed by atoms with Crippen molar-refractivity contribution in [2.45, 2.75) is 6.92 Å². The zero-order valence-electron chi connectivity index (χ0n) is 11.9. The number of amides is 2. The SMILES string of the molecule is Cc1ccnc(NC(=O)CN2C(=O)COc3cccnc32)c1. The predicted octanol–water partition coefficient (Wildman–Crippen LogP) is 1.15. The van der Waals surface area contributed by atoms with E-state index in [2.05, 4.69) is 15.3 Å². The van der Waals surface area contributed by atoms with Crippen LogP contribution in [0.3, 0.4) is 0 Å². The van der Waals surface area contributed by atoms with E-state index in [-0.39, 0.29) is 25.0 Å². The molecule has 3 rings (SSSR count). The third kappa shape index (κ3) is 2.88. The third-order valence-electron chi connectivity index (χ3n) is 3.14. The van der Waals surface area contributed by atoms with Gasteiger partial charge in [-0.15, -0.1) is 0 Å². The lowest BCUT2D eigenvalue weighted by molar-refractivity contribution is -0.123. The summed E-state index contributed by atoms with van der Waals surface area (Å²) in [5.74, 6) is 0.644. The fourth-order valence-electron chi connectivity index (χ4n) is 2.13. The number of anilines is 2. The van der Waals surface area contributed by atoms with E-state index >= 15 is 0 Å². The lowest BCUT2D eigenvalue weighted by Crippen LogP contribution is -2.44. The second-order valence-electron chi connectivity index (χ2n) is 4.86. The van der Waals surface area contributed by atoms with Crippen molar-refractivity contribution in [3.05, 3.63) is 42.2 Å². The van der Waals surface area contributed by atoms with Gasteiger partial charge >= 0.3 is 0 Å². The Hall–Kier alpha value is -2.96. The first-order valence-corrected chi connectivity index (χ1v) is 6.74. The van der Waals surface area contributed by atoms with E-state index < -0.39 is 0 Å². The number of pyridine rings is 2. The standard InChI is InChI=1S/C15H14N4O3/c1-10-4-6-16-12(7-10)18-13(20)8-19-14(21)9-22-11-3-2-5-17-15(11)19/h2-7H,8-9H2,1H3,(H,16,18,20). The van der Waals surface area contributed by atoms with E-state index in [1.165, 1.54) is 4.90 Å². The zero-order chi connectivity index (χ0) is 15.5. The number of fused-ring (bicyclic) bond motifs is 1. The van der Waals surface area contributed by atoms with Gasteiger partial charge in [0, 0.05) is 12.4 Å². The first kappa shape index (κ1) is 14.0. The Labute approximate surface area is 126 Å². The van der Waals surface area contributed by atoms with Gasteiger partial charge in [0.2, 0.25) is 5.91 Å². The van der Waals surface area contributed by atoms with Crippen LogP contribution in [0, 0.1) is 6.92 Å². The second kappa shape index (κ2) is 5.80. The summed E-state index contributed by atoms with van der Waals surface area (Å²) >= 11 is 0. The Balaban J connectivity index is 1.75. The Morgan fingerprint density at radius 1 is 1.36 bits per heavy atom. The molecule has 7 nitrogen and oxygen atoms in total. The first-order valence-electron chi connectivity index (χ1n) is 6.74. The fourth-order valence-corrected chi connectivity index (χ4v) is 2.13. The molecule has 22 heavy (non-hydrogen) atoms. The summed E-state index contributed by atoms with van der Waals surface area (Å²) < 4.78 is 5.28. The molecule has 0 unspecified atom stereocenters.